The number of fused-ring (bicyclic) bond motifs is 1. The van der Waals surface area contributed by atoms with E-state index in [1.54, 1.807) is 4.90 Å². The monoisotopic (exact) mass is 369 g/mol. The Morgan fingerprint density at radius 2 is 1.50 bits per heavy atom. The van der Waals surface area contributed by atoms with Crippen LogP contribution >= 0.6 is 0 Å². The lowest BCUT2D eigenvalue weighted by molar-refractivity contribution is -0.150. The molecule has 1 saturated heterocycles. The lowest BCUT2D eigenvalue weighted by Gasteiger charge is -2.51. The van der Waals surface area contributed by atoms with Crippen molar-refractivity contribution in [1.82, 2.24) is 0 Å². The molecular weight excluding hydrogens is 350 g/mol. The fraction of sp³-hybridized carbons (Fsp3) is 0.125. The van der Waals surface area contributed by atoms with Crippen molar-refractivity contribution in [1.29, 1.82) is 0 Å². The average Bonchev–Trinajstić information content (AvgIpc) is 2.88. The summed E-state index contributed by atoms with van der Waals surface area (Å²) in [6.07, 6.45) is -0.458. The molecule has 3 aromatic rings. The lowest BCUT2D eigenvalue weighted by atomic mass is 9.81. The average molecular weight is 369 g/mol. The highest BCUT2D eigenvalue weighted by atomic mass is 16.6. The minimum atomic E-state index is -1.13. The molecule has 2 unspecified atom stereocenters. The van der Waals surface area contributed by atoms with Crippen molar-refractivity contribution < 1.29 is 14.6 Å². The third-order valence-electron chi connectivity index (χ3n) is 5.45. The summed E-state index contributed by atoms with van der Waals surface area (Å²) in [5.74, 6) is -0.675. The van der Waals surface area contributed by atoms with E-state index < -0.39 is 17.7 Å². The predicted octanol–water partition coefficient (Wildman–Crippen LogP) is 4.78. The molecule has 4 heteroatoms. The molecule has 3 aromatic carbocycles. The van der Waals surface area contributed by atoms with Crippen molar-refractivity contribution in [2.75, 3.05) is 4.90 Å². The molecule has 0 radical (unpaired) electrons. The van der Waals surface area contributed by atoms with Gasteiger partial charge in [-0.05, 0) is 24.6 Å². The number of carbonyl (C=O) groups excluding carboxylic acids is 1. The van der Waals surface area contributed by atoms with E-state index in [1.807, 2.05) is 91.9 Å². The van der Waals surface area contributed by atoms with Crippen LogP contribution in [0.2, 0.25) is 0 Å². The van der Waals surface area contributed by atoms with Crippen molar-refractivity contribution in [2.24, 2.45) is 0 Å². The summed E-state index contributed by atoms with van der Waals surface area (Å²) in [4.78, 5) is 14.7. The lowest BCUT2D eigenvalue weighted by Crippen LogP contribution is -2.56. The van der Waals surface area contributed by atoms with Gasteiger partial charge < -0.3 is 9.84 Å². The molecule has 1 amide bonds. The standard InChI is InChI=1S/C24H19NO3/c1-16-12-14-19(15-13-16)25-23(27)21(26)20-22(17-8-4-2-5-9-17)28-24(20,25)18-10-6-3-7-11-18/h2-15,22,26H,1H3. The second-order valence-electron chi connectivity index (χ2n) is 7.16. The third kappa shape index (κ3) is 2.18. The Morgan fingerprint density at radius 1 is 0.893 bits per heavy atom. The summed E-state index contributed by atoms with van der Waals surface area (Å²) >= 11 is 0. The van der Waals surface area contributed by atoms with Crippen molar-refractivity contribution in [3.8, 4) is 0 Å². The minimum Gasteiger partial charge on any atom is -0.503 e. The number of amides is 1. The predicted molar refractivity (Wildman–Crippen MR) is 107 cm³/mol. The first kappa shape index (κ1) is 16.8. The summed E-state index contributed by atoms with van der Waals surface area (Å²) in [5, 5.41) is 10.8. The van der Waals surface area contributed by atoms with Crippen LogP contribution in [0.5, 0.6) is 0 Å². The maximum absolute atomic E-state index is 13.1. The van der Waals surface area contributed by atoms with Crippen LogP contribution in [0.25, 0.3) is 0 Å². The molecular formula is C24H19NO3. The molecule has 138 valence electrons. The first-order chi connectivity index (χ1) is 13.6. The quantitative estimate of drug-likeness (QED) is 0.723. The highest BCUT2D eigenvalue weighted by molar-refractivity contribution is 6.10. The zero-order valence-electron chi connectivity index (χ0n) is 15.4. The Balaban J connectivity index is 1.69. The molecule has 4 nitrogen and oxygen atoms in total. The number of ether oxygens (including phenoxy) is 1. The second kappa shape index (κ2) is 6.08. The van der Waals surface area contributed by atoms with E-state index in [1.165, 1.54) is 0 Å². The van der Waals surface area contributed by atoms with E-state index in [0.29, 0.717) is 11.3 Å². The Morgan fingerprint density at radius 3 is 2.14 bits per heavy atom. The Hall–Kier alpha value is -3.37. The van der Waals surface area contributed by atoms with Gasteiger partial charge in [-0.1, -0.05) is 78.4 Å². The number of anilines is 1. The number of nitrogens with zero attached hydrogens (tertiary/aromatic N) is 1. The number of rotatable bonds is 3. The van der Waals surface area contributed by atoms with E-state index >= 15 is 0 Å². The summed E-state index contributed by atoms with van der Waals surface area (Å²) in [7, 11) is 0. The molecule has 2 aliphatic rings. The fourth-order valence-corrected chi connectivity index (χ4v) is 4.11. The molecule has 0 saturated carbocycles. The van der Waals surface area contributed by atoms with Gasteiger partial charge >= 0.3 is 0 Å². The topological polar surface area (TPSA) is 49.8 Å². The van der Waals surface area contributed by atoms with Gasteiger partial charge in [-0.15, -0.1) is 0 Å². The molecule has 2 heterocycles. The van der Waals surface area contributed by atoms with Gasteiger partial charge in [-0.2, -0.15) is 0 Å². The number of benzene rings is 3. The number of hydrogen-bond acceptors (Lipinski definition) is 3. The third-order valence-corrected chi connectivity index (χ3v) is 5.45. The number of aliphatic hydroxyl groups excluding tert-OH is 1. The van der Waals surface area contributed by atoms with Crippen LogP contribution in [0, 0.1) is 6.92 Å². The zero-order chi connectivity index (χ0) is 19.3. The maximum Gasteiger partial charge on any atom is 0.296 e. The van der Waals surface area contributed by atoms with Crippen LogP contribution in [0.4, 0.5) is 5.69 Å². The summed E-state index contributed by atoms with van der Waals surface area (Å²) in [6, 6.07) is 26.9. The van der Waals surface area contributed by atoms with Gasteiger partial charge in [0.1, 0.15) is 6.10 Å². The molecule has 0 bridgehead atoms. The Kier molecular flexibility index (Phi) is 3.64. The highest BCUT2D eigenvalue weighted by Crippen LogP contribution is 2.61. The molecule has 28 heavy (non-hydrogen) atoms. The fourth-order valence-electron chi connectivity index (χ4n) is 4.11. The Labute approximate surface area is 163 Å². The van der Waals surface area contributed by atoms with Gasteiger partial charge in [0, 0.05) is 11.3 Å². The van der Waals surface area contributed by atoms with Gasteiger partial charge in [0.15, 0.2) is 5.76 Å². The highest BCUT2D eigenvalue weighted by Gasteiger charge is 2.65. The maximum atomic E-state index is 13.1. The summed E-state index contributed by atoms with van der Waals surface area (Å²) < 4.78 is 6.45. The molecule has 0 aromatic heterocycles. The molecule has 2 aliphatic heterocycles. The largest absolute Gasteiger partial charge is 0.503 e. The van der Waals surface area contributed by atoms with Gasteiger partial charge in [-0.3, -0.25) is 9.69 Å². The molecule has 2 atom stereocenters. The van der Waals surface area contributed by atoms with Crippen molar-refractivity contribution in [3.63, 3.8) is 0 Å². The molecule has 1 N–H and O–H groups in total. The smallest absolute Gasteiger partial charge is 0.296 e. The summed E-state index contributed by atoms with van der Waals surface area (Å²) in [5.41, 5.74) is 2.98. The van der Waals surface area contributed by atoms with Crippen LogP contribution in [0.3, 0.4) is 0 Å². The van der Waals surface area contributed by atoms with Crippen molar-refractivity contribution >= 4 is 11.6 Å². The zero-order valence-corrected chi connectivity index (χ0v) is 15.4. The molecule has 0 aliphatic carbocycles. The van der Waals surface area contributed by atoms with E-state index in [0.717, 1.165) is 16.7 Å². The van der Waals surface area contributed by atoms with Crippen molar-refractivity contribution in [3.05, 3.63) is 113 Å². The number of carbonyl (C=O) groups is 1. The van der Waals surface area contributed by atoms with E-state index in [4.69, 9.17) is 4.74 Å². The van der Waals surface area contributed by atoms with Gasteiger partial charge in [0.05, 0.1) is 5.57 Å². The first-order valence-corrected chi connectivity index (χ1v) is 9.26. The van der Waals surface area contributed by atoms with E-state index in [2.05, 4.69) is 0 Å². The van der Waals surface area contributed by atoms with E-state index in [9.17, 15) is 9.90 Å². The molecule has 0 spiro atoms. The van der Waals surface area contributed by atoms with Gasteiger partial charge in [0.25, 0.3) is 5.91 Å². The SMILES string of the molecule is Cc1ccc(N2C(=O)C(O)=C3C(c4ccccc4)OC32c2ccccc2)cc1. The first-order valence-electron chi connectivity index (χ1n) is 9.26. The molecule has 5 rings (SSSR count). The Bertz CT molecular complexity index is 1070. The van der Waals surface area contributed by atoms with Crippen LogP contribution in [0.1, 0.15) is 22.8 Å². The van der Waals surface area contributed by atoms with Crippen LogP contribution in [-0.2, 0) is 15.3 Å². The van der Waals surface area contributed by atoms with E-state index in [-0.39, 0.29) is 5.76 Å². The van der Waals surface area contributed by atoms with Crippen LogP contribution in [-0.4, -0.2) is 11.0 Å². The van der Waals surface area contributed by atoms with Gasteiger partial charge in [-0.25, -0.2) is 0 Å². The second-order valence-corrected chi connectivity index (χ2v) is 7.16. The summed E-state index contributed by atoms with van der Waals surface area (Å²) in [6.45, 7) is 2.00. The van der Waals surface area contributed by atoms with Crippen LogP contribution < -0.4 is 4.90 Å². The van der Waals surface area contributed by atoms with Gasteiger partial charge in [0.2, 0.25) is 5.72 Å². The van der Waals surface area contributed by atoms with Crippen LogP contribution in [0.15, 0.2) is 96.3 Å². The number of aryl methyl sites for hydroxylation is 1. The minimum absolute atomic E-state index is 0.232. The van der Waals surface area contributed by atoms with Crippen molar-refractivity contribution in [2.45, 2.75) is 18.8 Å². The number of aliphatic hydroxyl groups is 1. The number of hydrogen-bond donors (Lipinski definition) is 1. The molecule has 1 fully saturated rings. The normalized spacial score (nSPS) is 23.5.